The van der Waals surface area contributed by atoms with Crippen molar-refractivity contribution >= 4 is 0 Å². The molecule has 0 bridgehead atoms. The molecule has 1 aliphatic carbocycles. The van der Waals surface area contributed by atoms with E-state index in [1.807, 2.05) is 0 Å². The van der Waals surface area contributed by atoms with E-state index in [2.05, 4.69) is 25.3 Å². The molecule has 0 N–H and O–H groups in total. The number of allylic oxidation sites excluding steroid dienone is 2. The Kier molecular flexibility index (Phi) is 4.88. The van der Waals surface area contributed by atoms with Crippen LogP contribution >= 0.6 is 0 Å². The van der Waals surface area contributed by atoms with Crippen molar-refractivity contribution in [3.8, 4) is 0 Å². The van der Waals surface area contributed by atoms with Gasteiger partial charge in [-0.1, -0.05) is 37.8 Å². The van der Waals surface area contributed by atoms with Crippen LogP contribution in [0.25, 0.3) is 0 Å². The fourth-order valence-corrected chi connectivity index (χ4v) is 2.33. The van der Waals surface area contributed by atoms with Gasteiger partial charge in [-0.3, -0.25) is 0 Å². The van der Waals surface area contributed by atoms with Gasteiger partial charge in [0.2, 0.25) is 0 Å². The minimum absolute atomic E-state index is 0.796. The van der Waals surface area contributed by atoms with Gasteiger partial charge in [0, 0.05) is 0 Å². The largest absolute Gasteiger partial charge is 0.103 e. The topological polar surface area (TPSA) is 0 Å². The summed E-state index contributed by atoms with van der Waals surface area (Å²) in [5.74, 6) is 1.72. The Morgan fingerprint density at radius 1 is 1.00 bits per heavy atom. The summed E-state index contributed by atoms with van der Waals surface area (Å²) in [4.78, 5) is 0. The van der Waals surface area contributed by atoms with Gasteiger partial charge in [-0.05, 0) is 31.1 Å². The number of hydrogen-bond acceptors (Lipinski definition) is 0. The quantitative estimate of drug-likeness (QED) is 0.564. The van der Waals surface area contributed by atoms with Crippen molar-refractivity contribution in [1.29, 1.82) is 0 Å². The normalized spacial score (nSPS) is 30.2. The maximum atomic E-state index is 3.90. The molecule has 0 aromatic rings. The van der Waals surface area contributed by atoms with Gasteiger partial charge in [0.25, 0.3) is 0 Å². The van der Waals surface area contributed by atoms with Gasteiger partial charge < -0.3 is 0 Å². The van der Waals surface area contributed by atoms with Crippen LogP contribution in [-0.4, -0.2) is 0 Å². The molecule has 74 valence electrons. The van der Waals surface area contributed by atoms with Crippen LogP contribution in [0.3, 0.4) is 0 Å². The summed E-state index contributed by atoms with van der Waals surface area (Å²) in [6.45, 7) is 7.72. The molecule has 0 nitrogen and oxygen atoms in total. The van der Waals surface area contributed by atoms with Crippen LogP contribution < -0.4 is 0 Å². The van der Waals surface area contributed by atoms with Gasteiger partial charge >= 0.3 is 0 Å². The third-order valence-corrected chi connectivity index (χ3v) is 3.21. The zero-order valence-electron chi connectivity index (χ0n) is 8.67. The lowest BCUT2D eigenvalue weighted by Crippen LogP contribution is -2.07. The standard InChI is InChI=1S/C13H22/c1-3-7-13-10-5-8-12(4-2)9-6-11-13/h3-4,12-13H,1-2,5-11H2. The summed E-state index contributed by atoms with van der Waals surface area (Å²) < 4.78 is 0. The highest BCUT2D eigenvalue weighted by atomic mass is 14.2. The molecule has 0 amide bonds. The zero-order chi connectivity index (χ0) is 9.52. The van der Waals surface area contributed by atoms with Crippen molar-refractivity contribution in [3.05, 3.63) is 25.3 Å². The third-order valence-electron chi connectivity index (χ3n) is 3.21. The molecule has 1 fully saturated rings. The Bertz CT molecular complexity index is 147. The predicted molar refractivity (Wildman–Crippen MR) is 59.7 cm³/mol. The maximum Gasteiger partial charge on any atom is -0.0236 e. The highest BCUT2D eigenvalue weighted by Crippen LogP contribution is 2.28. The van der Waals surface area contributed by atoms with Crippen LogP contribution in [0.1, 0.15) is 44.9 Å². The minimum atomic E-state index is 0.796. The summed E-state index contributed by atoms with van der Waals surface area (Å²) in [7, 11) is 0. The van der Waals surface area contributed by atoms with E-state index in [4.69, 9.17) is 0 Å². The molecule has 0 aliphatic heterocycles. The van der Waals surface area contributed by atoms with Crippen molar-refractivity contribution in [1.82, 2.24) is 0 Å². The molecule has 0 radical (unpaired) electrons. The van der Waals surface area contributed by atoms with Crippen LogP contribution in [0, 0.1) is 11.8 Å². The third kappa shape index (κ3) is 3.80. The first kappa shape index (κ1) is 10.6. The Morgan fingerprint density at radius 2 is 1.62 bits per heavy atom. The van der Waals surface area contributed by atoms with Crippen LogP contribution in [-0.2, 0) is 0 Å². The lowest BCUT2D eigenvalue weighted by molar-refractivity contribution is 0.349. The highest BCUT2D eigenvalue weighted by molar-refractivity contribution is 4.82. The number of hydrogen-bond donors (Lipinski definition) is 0. The lowest BCUT2D eigenvalue weighted by atomic mass is 9.84. The average Bonchev–Trinajstić information content (AvgIpc) is 2.09. The molecule has 1 aliphatic rings. The van der Waals surface area contributed by atoms with Gasteiger partial charge in [0.05, 0.1) is 0 Å². The van der Waals surface area contributed by atoms with Crippen molar-refractivity contribution in [2.24, 2.45) is 11.8 Å². The zero-order valence-corrected chi connectivity index (χ0v) is 8.67. The van der Waals surface area contributed by atoms with Gasteiger partial charge in [-0.15, -0.1) is 13.2 Å². The second kappa shape index (κ2) is 6.01. The monoisotopic (exact) mass is 178 g/mol. The maximum absolute atomic E-state index is 3.90. The van der Waals surface area contributed by atoms with Crippen molar-refractivity contribution in [2.75, 3.05) is 0 Å². The fourth-order valence-electron chi connectivity index (χ4n) is 2.33. The Labute approximate surface area is 82.7 Å². The minimum Gasteiger partial charge on any atom is -0.103 e. The van der Waals surface area contributed by atoms with Crippen molar-refractivity contribution in [2.45, 2.75) is 44.9 Å². The van der Waals surface area contributed by atoms with Gasteiger partial charge in [-0.2, -0.15) is 0 Å². The van der Waals surface area contributed by atoms with E-state index in [0.717, 1.165) is 11.8 Å². The molecular formula is C13H22. The molecule has 0 aromatic carbocycles. The first-order valence-electron chi connectivity index (χ1n) is 5.60. The molecule has 0 aromatic heterocycles. The van der Waals surface area contributed by atoms with Crippen molar-refractivity contribution in [3.63, 3.8) is 0 Å². The summed E-state index contributed by atoms with van der Waals surface area (Å²) in [6.07, 6.45) is 13.7. The molecule has 0 unspecified atom stereocenters. The van der Waals surface area contributed by atoms with Gasteiger partial charge in [-0.25, -0.2) is 0 Å². The van der Waals surface area contributed by atoms with Crippen LogP contribution in [0.15, 0.2) is 25.3 Å². The van der Waals surface area contributed by atoms with E-state index < -0.39 is 0 Å². The van der Waals surface area contributed by atoms with Crippen molar-refractivity contribution < 1.29 is 0 Å². The summed E-state index contributed by atoms with van der Waals surface area (Å²) in [6, 6.07) is 0. The van der Waals surface area contributed by atoms with E-state index in [0.29, 0.717) is 0 Å². The molecule has 1 saturated carbocycles. The molecule has 0 saturated heterocycles. The predicted octanol–water partition coefficient (Wildman–Crippen LogP) is 4.34. The summed E-state index contributed by atoms with van der Waals surface area (Å²) >= 11 is 0. The summed E-state index contributed by atoms with van der Waals surface area (Å²) in [5.41, 5.74) is 0. The second-order valence-electron chi connectivity index (χ2n) is 4.25. The Morgan fingerprint density at radius 3 is 2.08 bits per heavy atom. The molecule has 0 spiro atoms. The molecule has 0 heterocycles. The second-order valence-corrected chi connectivity index (χ2v) is 4.25. The molecule has 0 heteroatoms. The summed E-state index contributed by atoms with van der Waals surface area (Å²) in [5, 5.41) is 0. The van der Waals surface area contributed by atoms with E-state index in [1.54, 1.807) is 0 Å². The van der Waals surface area contributed by atoms with E-state index >= 15 is 0 Å². The van der Waals surface area contributed by atoms with Crippen LogP contribution in [0.4, 0.5) is 0 Å². The highest BCUT2D eigenvalue weighted by Gasteiger charge is 2.13. The van der Waals surface area contributed by atoms with E-state index in [1.165, 1.54) is 44.9 Å². The Hall–Kier alpha value is -0.520. The smallest absolute Gasteiger partial charge is 0.0236 e. The van der Waals surface area contributed by atoms with Crippen LogP contribution in [0.5, 0.6) is 0 Å². The first-order valence-corrected chi connectivity index (χ1v) is 5.60. The van der Waals surface area contributed by atoms with Gasteiger partial charge in [0.1, 0.15) is 0 Å². The van der Waals surface area contributed by atoms with E-state index in [9.17, 15) is 0 Å². The first-order chi connectivity index (χ1) is 6.36. The average molecular weight is 178 g/mol. The molecule has 13 heavy (non-hydrogen) atoms. The lowest BCUT2D eigenvalue weighted by Gasteiger charge is -2.21. The fraction of sp³-hybridized carbons (Fsp3) is 0.692. The van der Waals surface area contributed by atoms with E-state index in [-0.39, 0.29) is 0 Å². The molecule has 1 rings (SSSR count). The molecular weight excluding hydrogens is 156 g/mol. The SMILES string of the molecule is C=CCC1CCCC(C=C)CCC1. The Balaban J connectivity index is 2.29. The van der Waals surface area contributed by atoms with Crippen LogP contribution in [0.2, 0.25) is 0 Å². The van der Waals surface area contributed by atoms with Gasteiger partial charge in [0.15, 0.2) is 0 Å². The molecule has 0 atom stereocenters. The number of rotatable bonds is 3.